The molecule has 0 saturated carbocycles. The number of hydrogen-bond donors (Lipinski definition) is 0. The second-order valence-electron chi connectivity index (χ2n) is 15.1. The first kappa shape index (κ1) is 29.4. The van der Waals surface area contributed by atoms with E-state index in [4.69, 9.17) is 4.42 Å². The fourth-order valence-electron chi connectivity index (χ4n) is 9.75. The molecule has 1 aliphatic rings. The van der Waals surface area contributed by atoms with Crippen LogP contribution < -0.4 is 0 Å². The van der Waals surface area contributed by atoms with Gasteiger partial charge in [-0.3, -0.25) is 0 Å². The zero-order valence-electron chi connectivity index (χ0n) is 29.3. The topological polar surface area (TPSA) is 13.1 Å². The van der Waals surface area contributed by atoms with Gasteiger partial charge in [0.15, 0.2) is 0 Å². The summed E-state index contributed by atoms with van der Waals surface area (Å²) in [5.74, 6) is 0. The molecule has 2 aromatic heterocycles. The van der Waals surface area contributed by atoms with E-state index >= 15 is 0 Å². The molecular weight excluding hydrogens is 661 g/mol. The van der Waals surface area contributed by atoms with Crippen LogP contribution in [-0.2, 0) is 5.41 Å². The Hall–Kier alpha value is -6.22. The number of para-hydroxylation sites is 1. The lowest BCUT2D eigenvalue weighted by atomic mass is 9.80. The summed E-state index contributed by atoms with van der Waals surface area (Å²) in [4.78, 5) is 0. The molecule has 0 unspecified atom stereocenters. The van der Waals surface area contributed by atoms with Gasteiger partial charge in [-0.1, -0.05) is 147 Å². The van der Waals surface area contributed by atoms with Crippen LogP contribution >= 0.6 is 11.3 Å². The Bertz CT molecular complexity index is 3320. The lowest BCUT2D eigenvalue weighted by Crippen LogP contribution is -2.15. The minimum Gasteiger partial charge on any atom is -0.456 e. The van der Waals surface area contributed by atoms with Crippen LogP contribution in [-0.4, -0.2) is 0 Å². The molecule has 248 valence electrons. The molecule has 0 spiro atoms. The summed E-state index contributed by atoms with van der Waals surface area (Å²) in [6, 6.07) is 58.5. The van der Waals surface area contributed by atoms with Gasteiger partial charge in [0.2, 0.25) is 0 Å². The maximum absolute atomic E-state index is 6.80. The molecule has 0 atom stereocenters. The van der Waals surface area contributed by atoms with Gasteiger partial charge in [0.25, 0.3) is 0 Å². The number of thiophene rings is 1. The van der Waals surface area contributed by atoms with E-state index in [1.54, 1.807) is 0 Å². The normalized spacial score (nSPS) is 13.6. The smallest absolute Gasteiger partial charge is 0.140 e. The maximum Gasteiger partial charge on any atom is 0.140 e. The van der Waals surface area contributed by atoms with Crippen LogP contribution in [0.4, 0.5) is 0 Å². The molecule has 0 aliphatic heterocycles. The van der Waals surface area contributed by atoms with E-state index in [9.17, 15) is 0 Å². The van der Waals surface area contributed by atoms with Crippen molar-refractivity contribution in [2.45, 2.75) is 19.3 Å². The van der Waals surface area contributed by atoms with Crippen LogP contribution in [0.1, 0.15) is 25.0 Å². The van der Waals surface area contributed by atoms with Crippen molar-refractivity contribution in [2.24, 2.45) is 0 Å². The number of rotatable bonds is 2. The van der Waals surface area contributed by atoms with E-state index in [0.29, 0.717) is 0 Å². The van der Waals surface area contributed by atoms with Crippen molar-refractivity contribution < 1.29 is 4.42 Å². The SMILES string of the molecule is CC1(C)c2ccc(-c3c4ccccc4c(-c4ccc5c(c4)sc4ccccc45)c4ccccc34)cc2-c2c1c1oc3ccccc3c1c1ccccc21. The molecular formula is C51H32OS. The van der Waals surface area contributed by atoms with Gasteiger partial charge in [-0.25, -0.2) is 0 Å². The molecule has 0 saturated heterocycles. The third-order valence-electron chi connectivity index (χ3n) is 12.0. The number of fused-ring (bicyclic) bond motifs is 15. The minimum absolute atomic E-state index is 0.238. The summed E-state index contributed by atoms with van der Waals surface area (Å²) in [6.07, 6.45) is 0. The Labute approximate surface area is 310 Å². The highest BCUT2D eigenvalue weighted by atomic mass is 32.1. The molecule has 0 N–H and O–H groups in total. The van der Waals surface area contributed by atoms with Crippen LogP contribution in [0.3, 0.4) is 0 Å². The summed E-state index contributed by atoms with van der Waals surface area (Å²) in [5.41, 5.74) is 12.0. The molecule has 0 fully saturated rings. The van der Waals surface area contributed by atoms with E-state index in [-0.39, 0.29) is 5.41 Å². The fraction of sp³-hybridized carbons (Fsp3) is 0.0588. The fourth-order valence-corrected chi connectivity index (χ4v) is 10.9. The molecule has 2 heterocycles. The summed E-state index contributed by atoms with van der Waals surface area (Å²) in [7, 11) is 0. The molecule has 0 bridgehead atoms. The van der Waals surface area contributed by atoms with Crippen molar-refractivity contribution in [2.75, 3.05) is 0 Å². The summed E-state index contributed by atoms with van der Waals surface area (Å²) >= 11 is 1.88. The van der Waals surface area contributed by atoms with Crippen molar-refractivity contribution in [1.82, 2.24) is 0 Å². The Morgan fingerprint density at radius 2 is 0.943 bits per heavy atom. The Kier molecular flexibility index (Phi) is 5.78. The van der Waals surface area contributed by atoms with E-state index < -0.39 is 0 Å². The molecule has 0 amide bonds. The van der Waals surface area contributed by atoms with E-state index in [2.05, 4.69) is 172 Å². The van der Waals surface area contributed by atoms with E-state index in [0.717, 1.165) is 11.2 Å². The van der Waals surface area contributed by atoms with Crippen LogP contribution in [0, 0.1) is 0 Å². The minimum atomic E-state index is -0.238. The first-order valence-corrected chi connectivity index (χ1v) is 19.2. The molecule has 0 radical (unpaired) electrons. The molecule has 12 rings (SSSR count). The largest absolute Gasteiger partial charge is 0.456 e. The zero-order chi connectivity index (χ0) is 35.0. The predicted molar refractivity (Wildman–Crippen MR) is 228 cm³/mol. The lowest BCUT2D eigenvalue weighted by molar-refractivity contribution is 0.620. The Balaban J connectivity index is 1.15. The molecule has 53 heavy (non-hydrogen) atoms. The van der Waals surface area contributed by atoms with Crippen LogP contribution in [0.25, 0.3) is 108 Å². The third kappa shape index (κ3) is 3.86. The Morgan fingerprint density at radius 3 is 1.62 bits per heavy atom. The standard InChI is InChI=1S/C51H32OS/c1-51(2)41-26-24-29(27-40(41)47-37-18-7-8-19-38(37)48-39-20-9-11-21-42(39)52-50(48)49(47)51)45-33-14-3-5-16-35(33)46(36-17-6-4-15-34(36)45)30-23-25-32-31-13-10-12-22-43(31)53-44(32)28-30/h3-28H,1-2H3. The van der Waals surface area contributed by atoms with Gasteiger partial charge in [-0.05, 0) is 95.5 Å². The van der Waals surface area contributed by atoms with Gasteiger partial charge < -0.3 is 4.42 Å². The van der Waals surface area contributed by atoms with Crippen molar-refractivity contribution in [3.63, 3.8) is 0 Å². The number of furan rings is 1. The van der Waals surface area contributed by atoms with Gasteiger partial charge in [-0.15, -0.1) is 11.3 Å². The lowest BCUT2D eigenvalue weighted by Gasteiger charge is -2.22. The average Bonchev–Trinajstić information content (AvgIpc) is 3.84. The van der Waals surface area contributed by atoms with Crippen molar-refractivity contribution in [3.8, 4) is 33.4 Å². The molecule has 9 aromatic carbocycles. The first-order chi connectivity index (χ1) is 26.1. The quantitative estimate of drug-likeness (QED) is 0.164. The highest BCUT2D eigenvalue weighted by molar-refractivity contribution is 7.25. The van der Waals surface area contributed by atoms with Gasteiger partial charge in [0.1, 0.15) is 11.2 Å². The number of hydrogen-bond acceptors (Lipinski definition) is 2. The van der Waals surface area contributed by atoms with E-state index in [1.165, 1.54) is 108 Å². The van der Waals surface area contributed by atoms with Crippen molar-refractivity contribution >= 4 is 85.8 Å². The summed E-state index contributed by atoms with van der Waals surface area (Å²) < 4.78 is 9.46. The van der Waals surface area contributed by atoms with Gasteiger partial charge in [0, 0.05) is 41.9 Å². The Morgan fingerprint density at radius 1 is 0.434 bits per heavy atom. The highest BCUT2D eigenvalue weighted by Gasteiger charge is 2.40. The second kappa shape index (κ2) is 10.4. The van der Waals surface area contributed by atoms with Gasteiger partial charge in [0.05, 0.1) is 0 Å². The third-order valence-corrected chi connectivity index (χ3v) is 13.1. The van der Waals surface area contributed by atoms with Crippen LogP contribution in [0.2, 0.25) is 0 Å². The summed E-state index contributed by atoms with van der Waals surface area (Å²) in [5, 5.41) is 12.7. The van der Waals surface area contributed by atoms with Crippen LogP contribution in [0.15, 0.2) is 162 Å². The molecule has 1 aliphatic carbocycles. The zero-order valence-corrected chi connectivity index (χ0v) is 30.1. The molecule has 2 heteroatoms. The van der Waals surface area contributed by atoms with Crippen molar-refractivity contribution in [3.05, 3.63) is 169 Å². The molecule has 1 nitrogen and oxygen atoms in total. The van der Waals surface area contributed by atoms with Gasteiger partial charge in [-0.2, -0.15) is 0 Å². The van der Waals surface area contributed by atoms with Crippen LogP contribution in [0.5, 0.6) is 0 Å². The second-order valence-corrected chi connectivity index (χ2v) is 16.2. The highest BCUT2D eigenvalue weighted by Crippen LogP contribution is 2.57. The monoisotopic (exact) mass is 692 g/mol. The average molecular weight is 693 g/mol. The predicted octanol–water partition coefficient (Wildman–Crippen LogP) is 15.1. The van der Waals surface area contributed by atoms with E-state index in [1.807, 2.05) is 11.3 Å². The number of benzene rings is 9. The molecule has 11 aromatic rings. The van der Waals surface area contributed by atoms with Gasteiger partial charge >= 0.3 is 0 Å². The first-order valence-electron chi connectivity index (χ1n) is 18.4. The maximum atomic E-state index is 6.80. The summed E-state index contributed by atoms with van der Waals surface area (Å²) in [6.45, 7) is 4.73. The van der Waals surface area contributed by atoms with Crippen molar-refractivity contribution in [1.29, 1.82) is 0 Å².